The van der Waals surface area contributed by atoms with Crippen LogP contribution in [-0.4, -0.2) is 41.8 Å². The van der Waals surface area contributed by atoms with Crippen molar-refractivity contribution < 1.29 is 15.4 Å². The van der Waals surface area contributed by atoms with E-state index in [1.54, 1.807) is 13.1 Å². The Morgan fingerprint density at radius 3 is 2.60 bits per heavy atom. The second-order valence-corrected chi connectivity index (χ2v) is 8.49. The lowest BCUT2D eigenvalue weighted by Gasteiger charge is -2.39. The number of nitrogens with zero attached hydrogens (tertiary/aromatic N) is 2. The van der Waals surface area contributed by atoms with Crippen molar-refractivity contribution >= 4 is 28.4 Å². The maximum Gasteiger partial charge on any atom is 0.227 e. The normalized spacial score (nSPS) is 16.5. The van der Waals surface area contributed by atoms with Crippen molar-refractivity contribution in [2.24, 2.45) is 11.8 Å². The van der Waals surface area contributed by atoms with E-state index in [-0.39, 0.29) is 30.8 Å². The Kier molecular flexibility index (Phi) is 4.57. The molecule has 2 aliphatic rings. The minimum absolute atomic E-state index is 0. The van der Waals surface area contributed by atoms with Crippen LogP contribution in [0.1, 0.15) is 20.7 Å². The molecule has 5 nitrogen and oxygen atoms in total. The molecule has 0 spiro atoms. The molecule has 2 amide bonds. The SMILES string of the molecule is CN(C(=O)CC1CN(C(=O)C2CC2)C1)c1ccc(-c2ccc3[nH]ccc3c2)cc1F.[HH]. The molecule has 30 heavy (non-hydrogen) atoms. The summed E-state index contributed by atoms with van der Waals surface area (Å²) in [6.07, 6.45) is 4.20. The number of halogens is 1. The molecule has 3 aromatic rings. The number of likely N-dealkylation sites (tertiary alicyclic amines) is 1. The zero-order chi connectivity index (χ0) is 20.8. The number of aromatic nitrogens is 1. The second-order valence-electron chi connectivity index (χ2n) is 8.49. The van der Waals surface area contributed by atoms with Crippen LogP contribution < -0.4 is 4.90 Å². The first-order chi connectivity index (χ1) is 14.5. The number of hydrogen-bond donors (Lipinski definition) is 1. The fourth-order valence-electron chi connectivity index (χ4n) is 4.18. The predicted molar refractivity (Wildman–Crippen MR) is 117 cm³/mol. The Morgan fingerprint density at radius 2 is 1.87 bits per heavy atom. The van der Waals surface area contributed by atoms with Gasteiger partial charge in [0.05, 0.1) is 5.69 Å². The van der Waals surface area contributed by atoms with Crippen LogP contribution in [0.2, 0.25) is 0 Å². The largest absolute Gasteiger partial charge is 0.361 e. The maximum absolute atomic E-state index is 14.8. The molecular weight excluding hydrogens is 381 g/mol. The zero-order valence-corrected chi connectivity index (χ0v) is 16.9. The van der Waals surface area contributed by atoms with Gasteiger partial charge in [0.2, 0.25) is 11.8 Å². The molecule has 1 aliphatic carbocycles. The van der Waals surface area contributed by atoms with Crippen LogP contribution in [0.25, 0.3) is 22.0 Å². The first-order valence-electron chi connectivity index (χ1n) is 10.4. The molecule has 6 heteroatoms. The van der Waals surface area contributed by atoms with E-state index in [0.717, 1.165) is 34.9 Å². The van der Waals surface area contributed by atoms with E-state index >= 15 is 0 Å². The fourth-order valence-corrected chi connectivity index (χ4v) is 4.18. The van der Waals surface area contributed by atoms with Crippen LogP contribution >= 0.6 is 0 Å². The number of fused-ring (bicyclic) bond motifs is 1. The second kappa shape index (κ2) is 7.27. The predicted octanol–water partition coefficient (Wildman–Crippen LogP) is 4.44. The lowest BCUT2D eigenvalue weighted by Crippen LogP contribution is -2.52. The number of amides is 2. The molecule has 1 aromatic heterocycles. The Balaban J connectivity index is 0.00000231. The Morgan fingerprint density at radius 1 is 1.13 bits per heavy atom. The standard InChI is InChI=1S/C24H24FN3O2.H2/c1-27(23(29)10-15-13-28(14-15)24(30)16-2-3-16)22-7-5-18(12-20(22)25)17-4-6-21-19(11-17)8-9-26-21;/h4-9,11-12,15-16,26H,2-3,10,13-14H2,1H3;1H. The summed E-state index contributed by atoms with van der Waals surface area (Å²) in [7, 11) is 1.61. The minimum atomic E-state index is -0.420. The highest BCUT2D eigenvalue weighted by Gasteiger charge is 2.39. The summed E-state index contributed by atoms with van der Waals surface area (Å²) in [5.41, 5.74) is 3.01. The summed E-state index contributed by atoms with van der Waals surface area (Å²) in [6.45, 7) is 1.27. The molecule has 0 radical (unpaired) electrons. The van der Waals surface area contributed by atoms with Gasteiger partial charge in [-0.2, -0.15) is 0 Å². The molecule has 0 bridgehead atoms. The van der Waals surface area contributed by atoms with Gasteiger partial charge >= 0.3 is 0 Å². The number of nitrogens with one attached hydrogen (secondary N) is 1. The summed E-state index contributed by atoms with van der Waals surface area (Å²) >= 11 is 0. The van der Waals surface area contributed by atoms with Crippen molar-refractivity contribution in [2.75, 3.05) is 25.0 Å². The highest BCUT2D eigenvalue weighted by Crippen LogP contribution is 2.34. The number of benzene rings is 2. The van der Waals surface area contributed by atoms with Gasteiger partial charge in [-0.3, -0.25) is 9.59 Å². The van der Waals surface area contributed by atoms with Crippen LogP contribution in [0.5, 0.6) is 0 Å². The number of anilines is 1. The molecule has 1 aliphatic heterocycles. The molecule has 1 saturated heterocycles. The molecule has 2 fully saturated rings. The van der Waals surface area contributed by atoms with Crippen LogP contribution in [0.3, 0.4) is 0 Å². The highest BCUT2D eigenvalue weighted by molar-refractivity contribution is 5.94. The van der Waals surface area contributed by atoms with E-state index in [1.807, 2.05) is 41.4 Å². The van der Waals surface area contributed by atoms with Gasteiger partial charge in [-0.15, -0.1) is 0 Å². The Hall–Kier alpha value is -3.15. The van der Waals surface area contributed by atoms with Gasteiger partial charge in [-0.25, -0.2) is 4.39 Å². The zero-order valence-electron chi connectivity index (χ0n) is 16.9. The van der Waals surface area contributed by atoms with Crippen LogP contribution in [-0.2, 0) is 9.59 Å². The first-order valence-corrected chi connectivity index (χ1v) is 10.4. The molecule has 1 saturated carbocycles. The van der Waals surface area contributed by atoms with E-state index < -0.39 is 5.82 Å². The minimum Gasteiger partial charge on any atom is -0.361 e. The monoisotopic (exact) mass is 407 g/mol. The molecule has 1 N–H and O–H groups in total. The van der Waals surface area contributed by atoms with E-state index in [1.165, 1.54) is 11.0 Å². The Labute approximate surface area is 176 Å². The van der Waals surface area contributed by atoms with Crippen molar-refractivity contribution in [3.8, 4) is 11.1 Å². The number of aromatic amines is 1. The number of hydrogen-bond acceptors (Lipinski definition) is 2. The summed E-state index contributed by atoms with van der Waals surface area (Å²) in [4.78, 5) is 31.0. The third kappa shape index (κ3) is 3.47. The van der Waals surface area contributed by atoms with Gasteiger partial charge in [0, 0.05) is 51.5 Å². The van der Waals surface area contributed by atoms with Gasteiger partial charge in [-0.05, 0) is 59.7 Å². The molecule has 0 atom stereocenters. The summed E-state index contributed by atoms with van der Waals surface area (Å²) < 4.78 is 14.8. The lowest BCUT2D eigenvalue weighted by molar-refractivity contribution is -0.140. The van der Waals surface area contributed by atoms with Crippen molar-refractivity contribution in [1.29, 1.82) is 0 Å². The van der Waals surface area contributed by atoms with E-state index in [4.69, 9.17) is 0 Å². The molecule has 156 valence electrons. The van der Waals surface area contributed by atoms with Gasteiger partial charge in [0.15, 0.2) is 0 Å². The van der Waals surface area contributed by atoms with Crippen molar-refractivity contribution in [3.05, 3.63) is 54.5 Å². The van der Waals surface area contributed by atoms with Crippen molar-refractivity contribution in [3.63, 3.8) is 0 Å². The molecule has 2 aromatic carbocycles. The van der Waals surface area contributed by atoms with Crippen molar-refractivity contribution in [2.45, 2.75) is 19.3 Å². The first kappa shape index (κ1) is 18.9. The fraction of sp³-hybridized carbons (Fsp3) is 0.333. The van der Waals surface area contributed by atoms with Gasteiger partial charge in [0.25, 0.3) is 0 Å². The average molecular weight is 407 g/mol. The number of carbonyl (C=O) groups is 2. The van der Waals surface area contributed by atoms with E-state index in [2.05, 4.69) is 4.98 Å². The average Bonchev–Trinajstić information content (AvgIpc) is 3.46. The van der Waals surface area contributed by atoms with Crippen LogP contribution in [0, 0.1) is 17.7 Å². The topological polar surface area (TPSA) is 56.4 Å². The number of H-pyrrole nitrogens is 1. The smallest absolute Gasteiger partial charge is 0.227 e. The van der Waals surface area contributed by atoms with Crippen LogP contribution in [0.15, 0.2) is 48.7 Å². The molecule has 5 rings (SSSR count). The number of carbonyl (C=O) groups excluding carboxylic acids is 2. The summed E-state index contributed by atoms with van der Waals surface area (Å²) in [5.74, 6) is 0.0649. The third-order valence-electron chi connectivity index (χ3n) is 6.23. The molecule has 0 unspecified atom stereocenters. The molecular formula is C24H26FN3O2. The Bertz CT molecular complexity index is 1130. The summed E-state index contributed by atoms with van der Waals surface area (Å²) in [6, 6.07) is 12.9. The van der Waals surface area contributed by atoms with Crippen LogP contribution in [0.4, 0.5) is 10.1 Å². The third-order valence-corrected chi connectivity index (χ3v) is 6.23. The van der Waals surface area contributed by atoms with Gasteiger partial charge in [0.1, 0.15) is 5.82 Å². The molecule has 2 heterocycles. The van der Waals surface area contributed by atoms with E-state index in [9.17, 15) is 14.0 Å². The maximum atomic E-state index is 14.8. The summed E-state index contributed by atoms with van der Waals surface area (Å²) in [5, 5.41) is 1.07. The van der Waals surface area contributed by atoms with Gasteiger partial charge in [-0.1, -0.05) is 12.1 Å². The quantitative estimate of drug-likeness (QED) is 0.680. The number of rotatable bonds is 5. The van der Waals surface area contributed by atoms with E-state index in [0.29, 0.717) is 19.5 Å². The van der Waals surface area contributed by atoms with Crippen molar-refractivity contribution in [1.82, 2.24) is 9.88 Å². The lowest BCUT2D eigenvalue weighted by atomic mass is 9.95. The van der Waals surface area contributed by atoms with Gasteiger partial charge < -0.3 is 14.8 Å². The highest BCUT2D eigenvalue weighted by atomic mass is 19.1.